The zero-order chi connectivity index (χ0) is 10.3. The molecule has 80 valence electrons. The van der Waals surface area contributed by atoms with Crippen LogP contribution < -0.4 is 0 Å². The highest BCUT2D eigenvalue weighted by Gasteiger charge is 2.54. The van der Waals surface area contributed by atoms with Gasteiger partial charge in [0.25, 0.3) is 0 Å². The van der Waals surface area contributed by atoms with Gasteiger partial charge in [0.2, 0.25) is 0 Å². The maximum absolute atomic E-state index is 6.07. The lowest BCUT2D eigenvalue weighted by Crippen LogP contribution is -2.41. The first-order valence-electron chi connectivity index (χ1n) is 6.12. The van der Waals surface area contributed by atoms with Crippen LogP contribution in [0.2, 0.25) is 0 Å². The summed E-state index contributed by atoms with van der Waals surface area (Å²) < 4.78 is 6.07. The van der Waals surface area contributed by atoms with Gasteiger partial charge in [-0.3, -0.25) is 0 Å². The first-order valence-corrected chi connectivity index (χ1v) is 6.12. The van der Waals surface area contributed by atoms with Crippen LogP contribution in [0.25, 0.3) is 0 Å². The van der Waals surface area contributed by atoms with E-state index in [9.17, 15) is 0 Å². The normalized spacial score (nSPS) is 31.9. The summed E-state index contributed by atoms with van der Waals surface area (Å²) >= 11 is 0. The standard InChI is InChI=1S/C14H18O/c1-2-3-9-14-12-7-5-4-6-11(12)13(14)8-10-15-14/h4-7,13H,2-3,8-10H2,1H3/t13-,14+/m0/s1. The summed E-state index contributed by atoms with van der Waals surface area (Å²) in [6, 6.07) is 8.83. The van der Waals surface area contributed by atoms with Crippen molar-refractivity contribution in [3.8, 4) is 0 Å². The molecule has 1 aliphatic heterocycles. The summed E-state index contributed by atoms with van der Waals surface area (Å²) in [6.07, 6.45) is 4.98. The smallest absolute Gasteiger partial charge is 0.100 e. The SMILES string of the molecule is CCCC[C@]12OCC[C@H]1c1ccccc12. The van der Waals surface area contributed by atoms with E-state index in [1.807, 2.05) is 0 Å². The molecule has 2 atom stereocenters. The van der Waals surface area contributed by atoms with E-state index in [4.69, 9.17) is 4.74 Å². The van der Waals surface area contributed by atoms with Gasteiger partial charge in [-0.25, -0.2) is 0 Å². The molecule has 0 saturated carbocycles. The lowest BCUT2D eigenvalue weighted by Gasteiger charge is -2.46. The molecule has 1 aliphatic carbocycles. The summed E-state index contributed by atoms with van der Waals surface area (Å²) in [5.41, 5.74) is 3.14. The lowest BCUT2D eigenvalue weighted by molar-refractivity contribution is -0.0378. The van der Waals surface area contributed by atoms with E-state index in [0.29, 0.717) is 5.92 Å². The van der Waals surface area contributed by atoms with Gasteiger partial charge in [-0.15, -0.1) is 0 Å². The van der Waals surface area contributed by atoms with E-state index in [1.165, 1.54) is 31.2 Å². The highest BCUT2D eigenvalue weighted by Crippen LogP contribution is 2.60. The molecule has 1 heteroatoms. The molecule has 1 heterocycles. The fraction of sp³-hybridized carbons (Fsp3) is 0.571. The molecule has 3 rings (SSSR count). The van der Waals surface area contributed by atoms with Crippen molar-refractivity contribution in [2.75, 3.05) is 6.61 Å². The van der Waals surface area contributed by atoms with Gasteiger partial charge in [0.15, 0.2) is 0 Å². The number of rotatable bonds is 3. The summed E-state index contributed by atoms with van der Waals surface area (Å²) in [6.45, 7) is 3.20. The molecule has 0 N–H and O–H groups in total. The van der Waals surface area contributed by atoms with Crippen molar-refractivity contribution in [3.05, 3.63) is 35.4 Å². The van der Waals surface area contributed by atoms with Gasteiger partial charge < -0.3 is 4.74 Å². The van der Waals surface area contributed by atoms with Crippen LogP contribution in [0.1, 0.15) is 49.7 Å². The third kappa shape index (κ3) is 1.13. The van der Waals surface area contributed by atoms with Crippen molar-refractivity contribution >= 4 is 0 Å². The Morgan fingerprint density at radius 2 is 2.27 bits per heavy atom. The van der Waals surface area contributed by atoms with Crippen molar-refractivity contribution in [1.82, 2.24) is 0 Å². The highest BCUT2D eigenvalue weighted by molar-refractivity contribution is 5.49. The van der Waals surface area contributed by atoms with Gasteiger partial charge in [0, 0.05) is 12.5 Å². The van der Waals surface area contributed by atoms with Crippen LogP contribution >= 0.6 is 0 Å². The molecule has 1 saturated heterocycles. The molecule has 0 aromatic heterocycles. The molecule has 1 aromatic rings. The van der Waals surface area contributed by atoms with Crippen LogP contribution in [0, 0.1) is 0 Å². The van der Waals surface area contributed by atoms with Crippen molar-refractivity contribution < 1.29 is 4.74 Å². The van der Waals surface area contributed by atoms with E-state index in [1.54, 1.807) is 5.56 Å². The second-order valence-corrected chi connectivity index (χ2v) is 4.77. The van der Waals surface area contributed by atoms with E-state index < -0.39 is 0 Å². The maximum atomic E-state index is 6.07. The van der Waals surface area contributed by atoms with Crippen molar-refractivity contribution in [1.29, 1.82) is 0 Å². The van der Waals surface area contributed by atoms with Crippen LogP contribution in [0.5, 0.6) is 0 Å². The van der Waals surface area contributed by atoms with Gasteiger partial charge >= 0.3 is 0 Å². The summed E-state index contributed by atoms with van der Waals surface area (Å²) in [7, 11) is 0. The Labute approximate surface area is 91.5 Å². The van der Waals surface area contributed by atoms with Crippen molar-refractivity contribution in [3.63, 3.8) is 0 Å². The largest absolute Gasteiger partial charge is 0.370 e. The average molecular weight is 202 g/mol. The Hall–Kier alpha value is -0.820. The minimum absolute atomic E-state index is 0.118. The van der Waals surface area contributed by atoms with Crippen molar-refractivity contribution in [2.24, 2.45) is 0 Å². The molecular formula is C14H18O. The second kappa shape index (κ2) is 3.34. The highest BCUT2D eigenvalue weighted by atomic mass is 16.5. The molecule has 0 radical (unpaired) electrons. The zero-order valence-electron chi connectivity index (χ0n) is 9.33. The topological polar surface area (TPSA) is 9.23 Å². The predicted molar refractivity (Wildman–Crippen MR) is 61.0 cm³/mol. The number of unbranched alkanes of at least 4 members (excludes halogenated alkanes) is 1. The summed E-state index contributed by atoms with van der Waals surface area (Å²) in [5.74, 6) is 0.695. The first kappa shape index (κ1) is 9.41. The molecule has 1 nitrogen and oxygen atoms in total. The van der Waals surface area contributed by atoms with Gasteiger partial charge in [-0.05, 0) is 24.0 Å². The van der Waals surface area contributed by atoms with Gasteiger partial charge in [0.05, 0.1) is 0 Å². The van der Waals surface area contributed by atoms with Crippen molar-refractivity contribution in [2.45, 2.75) is 44.1 Å². The number of ether oxygens (including phenoxy) is 1. The van der Waals surface area contributed by atoms with Crippen LogP contribution in [0.15, 0.2) is 24.3 Å². The number of benzene rings is 1. The fourth-order valence-electron chi connectivity index (χ4n) is 3.29. The molecule has 15 heavy (non-hydrogen) atoms. The van der Waals surface area contributed by atoms with E-state index in [-0.39, 0.29) is 5.60 Å². The summed E-state index contributed by atoms with van der Waals surface area (Å²) in [5, 5.41) is 0. The Kier molecular flexibility index (Phi) is 2.10. The van der Waals surface area contributed by atoms with Gasteiger partial charge in [0.1, 0.15) is 5.60 Å². The predicted octanol–water partition coefficient (Wildman–Crippen LogP) is 3.59. The third-order valence-electron chi connectivity index (χ3n) is 4.02. The van der Waals surface area contributed by atoms with E-state index in [0.717, 1.165) is 6.61 Å². The molecule has 1 fully saturated rings. The minimum atomic E-state index is 0.118. The van der Waals surface area contributed by atoms with Crippen LogP contribution in [0.4, 0.5) is 0 Å². The van der Waals surface area contributed by atoms with Crippen LogP contribution in [-0.2, 0) is 10.3 Å². The number of hydrogen-bond acceptors (Lipinski definition) is 1. The van der Waals surface area contributed by atoms with Gasteiger partial charge in [-0.2, -0.15) is 0 Å². The average Bonchev–Trinajstić information content (AvgIpc) is 2.63. The van der Waals surface area contributed by atoms with Crippen LogP contribution in [0.3, 0.4) is 0 Å². The molecular weight excluding hydrogens is 184 g/mol. The quantitative estimate of drug-likeness (QED) is 0.727. The first-order chi connectivity index (χ1) is 7.38. The number of hydrogen-bond donors (Lipinski definition) is 0. The zero-order valence-corrected chi connectivity index (χ0v) is 9.33. The molecule has 2 aliphatic rings. The maximum Gasteiger partial charge on any atom is 0.100 e. The lowest BCUT2D eigenvalue weighted by atomic mass is 9.62. The molecule has 0 spiro atoms. The molecule has 0 bridgehead atoms. The minimum Gasteiger partial charge on any atom is -0.370 e. The number of fused-ring (bicyclic) bond motifs is 4. The Bertz CT molecular complexity index is 371. The fourth-order valence-corrected chi connectivity index (χ4v) is 3.29. The molecule has 1 aromatic carbocycles. The second-order valence-electron chi connectivity index (χ2n) is 4.77. The molecule has 0 unspecified atom stereocenters. The Morgan fingerprint density at radius 1 is 1.40 bits per heavy atom. The van der Waals surface area contributed by atoms with Crippen LogP contribution in [-0.4, -0.2) is 6.61 Å². The Balaban J connectivity index is 1.95. The third-order valence-corrected chi connectivity index (χ3v) is 4.02. The van der Waals surface area contributed by atoms with Gasteiger partial charge in [-0.1, -0.05) is 44.0 Å². The van der Waals surface area contributed by atoms with E-state index in [2.05, 4.69) is 31.2 Å². The molecule has 0 amide bonds. The van der Waals surface area contributed by atoms with E-state index >= 15 is 0 Å². The Morgan fingerprint density at radius 3 is 3.13 bits per heavy atom. The monoisotopic (exact) mass is 202 g/mol. The summed E-state index contributed by atoms with van der Waals surface area (Å²) in [4.78, 5) is 0.